The van der Waals surface area contributed by atoms with Crippen molar-refractivity contribution in [2.75, 3.05) is 13.2 Å². The summed E-state index contributed by atoms with van der Waals surface area (Å²) in [6, 6.07) is 0.943. The zero-order valence-corrected chi connectivity index (χ0v) is 13.6. The van der Waals surface area contributed by atoms with E-state index in [1.807, 2.05) is 0 Å². The number of primary amides is 1. The summed E-state index contributed by atoms with van der Waals surface area (Å²) in [5, 5.41) is -0.245. The van der Waals surface area contributed by atoms with Crippen molar-refractivity contribution in [3.63, 3.8) is 0 Å². The Morgan fingerprint density at radius 3 is 2.73 bits per heavy atom. The fourth-order valence-corrected chi connectivity index (χ4v) is 4.61. The Kier molecular flexibility index (Phi) is 4.76. The average Bonchev–Trinajstić information content (AvgIpc) is 2.41. The molecule has 1 aliphatic heterocycles. The molecule has 1 fully saturated rings. The van der Waals surface area contributed by atoms with Gasteiger partial charge < -0.3 is 10.5 Å². The minimum Gasteiger partial charge on any atom is -0.375 e. The number of amides is 1. The van der Waals surface area contributed by atoms with E-state index in [2.05, 4.69) is 0 Å². The molecule has 0 bridgehead atoms. The molecule has 2 atom stereocenters. The summed E-state index contributed by atoms with van der Waals surface area (Å²) in [5.74, 6) is -1.42. The Balaban J connectivity index is 2.53. The number of aryl methyl sites for hydroxylation is 1. The van der Waals surface area contributed by atoms with E-state index in [4.69, 9.17) is 22.1 Å². The monoisotopic (exact) mass is 350 g/mol. The van der Waals surface area contributed by atoms with Crippen molar-refractivity contribution in [2.45, 2.75) is 30.9 Å². The minimum absolute atomic E-state index is 0.0347. The lowest BCUT2D eigenvalue weighted by molar-refractivity contribution is -0.130. The Labute approximate surface area is 133 Å². The van der Waals surface area contributed by atoms with Crippen LogP contribution in [-0.4, -0.2) is 43.9 Å². The van der Waals surface area contributed by atoms with E-state index in [0.717, 1.165) is 16.4 Å². The predicted octanol–water partition coefficient (Wildman–Crippen LogP) is 1.05. The number of morpholine rings is 1. The van der Waals surface area contributed by atoms with E-state index < -0.39 is 33.9 Å². The molecule has 9 heteroatoms. The first-order valence-electron chi connectivity index (χ1n) is 6.54. The maximum absolute atomic E-state index is 13.5. The van der Waals surface area contributed by atoms with Crippen molar-refractivity contribution in [3.05, 3.63) is 28.5 Å². The standard InChI is InChI=1S/C13H16ClFN2O4S/c1-7-5-11(9(14)6-10(7)15)22(19,20)17-3-4-21-8(2)12(17)13(16)18/h5-6,8,12H,3-4H2,1-2H3,(H2,16,18)/t8-,12+/m1/s1. The lowest BCUT2D eigenvalue weighted by Gasteiger charge is -2.37. The molecule has 2 rings (SSSR count). The lowest BCUT2D eigenvalue weighted by atomic mass is 10.1. The first kappa shape index (κ1) is 17.1. The van der Waals surface area contributed by atoms with Crippen molar-refractivity contribution in [1.82, 2.24) is 4.31 Å². The van der Waals surface area contributed by atoms with Crippen molar-refractivity contribution in [1.29, 1.82) is 0 Å². The zero-order valence-electron chi connectivity index (χ0n) is 12.0. The topological polar surface area (TPSA) is 89.7 Å². The van der Waals surface area contributed by atoms with Crippen LogP contribution in [0.25, 0.3) is 0 Å². The quantitative estimate of drug-likeness (QED) is 0.882. The second-order valence-electron chi connectivity index (χ2n) is 5.07. The van der Waals surface area contributed by atoms with Crippen LogP contribution in [0.2, 0.25) is 5.02 Å². The molecule has 22 heavy (non-hydrogen) atoms. The van der Waals surface area contributed by atoms with Gasteiger partial charge in [0.15, 0.2) is 0 Å². The fourth-order valence-electron chi connectivity index (χ4n) is 2.39. The SMILES string of the molecule is Cc1cc(S(=O)(=O)N2CCO[C@H](C)[C@H]2C(N)=O)c(Cl)cc1F. The highest BCUT2D eigenvalue weighted by molar-refractivity contribution is 7.89. The molecule has 1 saturated heterocycles. The van der Waals surface area contributed by atoms with E-state index in [-0.39, 0.29) is 28.6 Å². The maximum Gasteiger partial charge on any atom is 0.245 e. The first-order valence-corrected chi connectivity index (χ1v) is 8.36. The molecule has 1 aromatic carbocycles. The van der Waals surface area contributed by atoms with Gasteiger partial charge in [-0.25, -0.2) is 12.8 Å². The van der Waals surface area contributed by atoms with E-state index in [1.54, 1.807) is 6.92 Å². The van der Waals surface area contributed by atoms with Gasteiger partial charge >= 0.3 is 0 Å². The smallest absolute Gasteiger partial charge is 0.245 e. The number of benzene rings is 1. The highest BCUT2D eigenvalue weighted by Crippen LogP contribution is 2.30. The van der Waals surface area contributed by atoms with Gasteiger partial charge in [-0.15, -0.1) is 0 Å². The summed E-state index contributed by atoms with van der Waals surface area (Å²) in [4.78, 5) is 11.3. The van der Waals surface area contributed by atoms with Crippen molar-refractivity contribution >= 4 is 27.5 Å². The van der Waals surface area contributed by atoms with Gasteiger partial charge in [-0.1, -0.05) is 11.6 Å². The lowest BCUT2D eigenvalue weighted by Crippen LogP contribution is -2.58. The van der Waals surface area contributed by atoms with Crippen LogP contribution in [0.4, 0.5) is 4.39 Å². The normalized spacial score (nSPS) is 23.5. The van der Waals surface area contributed by atoms with Crippen LogP contribution >= 0.6 is 11.6 Å². The Morgan fingerprint density at radius 2 is 2.14 bits per heavy atom. The number of rotatable bonds is 3. The molecule has 1 heterocycles. The van der Waals surface area contributed by atoms with Gasteiger partial charge in [-0.05, 0) is 31.5 Å². The number of hydrogen-bond acceptors (Lipinski definition) is 4. The van der Waals surface area contributed by atoms with Crippen LogP contribution in [0.1, 0.15) is 12.5 Å². The maximum atomic E-state index is 13.5. The fraction of sp³-hybridized carbons (Fsp3) is 0.462. The number of ether oxygens (including phenoxy) is 1. The average molecular weight is 351 g/mol. The van der Waals surface area contributed by atoms with Gasteiger partial charge in [0.2, 0.25) is 15.9 Å². The van der Waals surface area contributed by atoms with Crippen molar-refractivity contribution in [3.8, 4) is 0 Å². The van der Waals surface area contributed by atoms with Gasteiger partial charge in [-0.3, -0.25) is 4.79 Å². The molecule has 2 N–H and O–H groups in total. The van der Waals surface area contributed by atoms with E-state index >= 15 is 0 Å². The third-order valence-electron chi connectivity index (χ3n) is 3.54. The van der Waals surface area contributed by atoms with Crippen molar-refractivity contribution < 1.29 is 22.3 Å². The molecule has 0 unspecified atom stereocenters. The van der Waals surface area contributed by atoms with Crippen LogP contribution in [-0.2, 0) is 19.6 Å². The molecule has 0 radical (unpaired) electrons. The summed E-state index contributed by atoms with van der Waals surface area (Å²) in [6.07, 6.45) is -0.679. The highest BCUT2D eigenvalue weighted by atomic mass is 35.5. The minimum atomic E-state index is -4.11. The van der Waals surface area contributed by atoms with Crippen LogP contribution in [0, 0.1) is 12.7 Å². The molecule has 6 nitrogen and oxygen atoms in total. The van der Waals surface area contributed by atoms with Crippen LogP contribution in [0.3, 0.4) is 0 Å². The molecule has 0 saturated carbocycles. The molecule has 0 aliphatic carbocycles. The van der Waals surface area contributed by atoms with Gasteiger partial charge in [0.1, 0.15) is 16.8 Å². The molecule has 122 valence electrons. The van der Waals surface area contributed by atoms with Crippen LogP contribution < -0.4 is 5.73 Å². The molecule has 1 aliphatic rings. The summed E-state index contributed by atoms with van der Waals surface area (Å²) in [7, 11) is -4.11. The third kappa shape index (κ3) is 2.96. The second-order valence-corrected chi connectivity index (χ2v) is 7.34. The van der Waals surface area contributed by atoms with E-state index in [1.165, 1.54) is 6.92 Å². The molecule has 0 spiro atoms. The van der Waals surface area contributed by atoms with E-state index in [9.17, 15) is 17.6 Å². The zero-order chi connectivity index (χ0) is 16.7. The largest absolute Gasteiger partial charge is 0.375 e. The van der Waals surface area contributed by atoms with Crippen molar-refractivity contribution in [2.24, 2.45) is 5.73 Å². The molecule has 1 amide bonds. The Hall–Kier alpha value is -1.22. The number of carbonyl (C=O) groups is 1. The van der Waals surface area contributed by atoms with Crippen LogP contribution in [0.5, 0.6) is 0 Å². The predicted molar refractivity (Wildman–Crippen MR) is 78.4 cm³/mol. The highest BCUT2D eigenvalue weighted by Gasteiger charge is 2.42. The Bertz CT molecular complexity index is 710. The first-order chi connectivity index (χ1) is 10.2. The van der Waals surface area contributed by atoms with Gasteiger partial charge in [0.25, 0.3) is 0 Å². The van der Waals surface area contributed by atoms with E-state index in [0.29, 0.717) is 0 Å². The second kappa shape index (κ2) is 6.11. The number of halogens is 2. The third-order valence-corrected chi connectivity index (χ3v) is 5.88. The summed E-state index contributed by atoms with van der Waals surface area (Å²) in [6.45, 7) is 3.09. The number of carbonyl (C=O) groups excluding carboxylic acids is 1. The summed E-state index contributed by atoms with van der Waals surface area (Å²) in [5.41, 5.74) is 5.44. The molecular weight excluding hydrogens is 335 g/mol. The Morgan fingerprint density at radius 1 is 1.50 bits per heavy atom. The number of nitrogens with zero attached hydrogens (tertiary/aromatic N) is 1. The number of hydrogen-bond donors (Lipinski definition) is 1. The molecule has 0 aromatic heterocycles. The summed E-state index contributed by atoms with van der Waals surface area (Å²) < 4.78 is 45.3. The van der Waals surface area contributed by atoms with Gasteiger partial charge in [0.05, 0.1) is 17.7 Å². The number of sulfonamides is 1. The van der Waals surface area contributed by atoms with Gasteiger partial charge in [-0.2, -0.15) is 4.31 Å². The molecular formula is C13H16ClFN2O4S. The van der Waals surface area contributed by atoms with Crippen LogP contribution in [0.15, 0.2) is 17.0 Å². The number of nitrogens with two attached hydrogens (primary N) is 1. The molecule has 1 aromatic rings. The van der Waals surface area contributed by atoms with Gasteiger partial charge in [0, 0.05) is 6.54 Å². The summed E-state index contributed by atoms with van der Waals surface area (Å²) >= 11 is 5.88.